The summed E-state index contributed by atoms with van der Waals surface area (Å²) in [6.45, 7) is 6.21. The van der Waals surface area contributed by atoms with Crippen molar-refractivity contribution in [3.63, 3.8) is 0 Å². The van der Waals surface area contributed by atoms with Gasteiger partial charge < -0.3 is 0 Å². The van der Waals surface area contributed by atoms with Crippen LogP contribution in [-0.2, 0) is 0 Å². The van der Waals surface area contributed by atoms with Crippen molar-refractivity contribution >= 4 is 5.78 Å². The zero-order valence-corrected chi connectivity index (χ0v) is 12.6. The Morgan fingerprint density at radius 3 is 1.95 bits per heavy atom. The summed E-state index contributed by atoms with van der Waals surface area (Å²) in [5.74, 6) is -0.454. The van der Waals surface area contributed by atoms with Gasteiger partial charge in [0.1, 0.15) is 5.92 Å². The van der Waals surface area contributed by atoms with Crippen LogP contribution in [-0.4, -0.2) is 5.78 Å². The Morgan fingerprint density at radius 2 is 1.48 bits per heavy atom. The summed E-state index contributed by atoms with van der Waals surface area (Å²) in [6.07, 6.45) is 0. The molecule has 1 unspecified atom stereocenters. The topological polar surface area (TPSA) is 40.9 Å². The third kappa shape index (κ3) is 3.38. The second-order valence-electron chi connectivity index (χ2n) is 5.61. The van der Waals surface area contributed by atoms with E-state index in [0.29, 0.717) is 11.5 Å². The highest BCUT2D eigenvalue weighted by atomic mass is 16.1. The Balaban J connectivity index is 2.28. The minimum atomic E-state index is -0.740. The number of rotatable bonds is 4. The monoisotopic (exact) mass is 277 g/mol. The average molecular weight is 277 g/mol. The van der Waals surface area contributed by atoms with Crippen molar-refractivity contribution in [1.82, 2.24) is 0 Å². The summed E-state index contributed by atoms with van der Waals surface area (Å²) in [4.78, 5) is 12.5. The second kappa shape index (κ2) is 6.37. The molecular formula is C19H19NO. The van der Waals surface area contributed by atoms with Gasteiger partial charge >= 0.3 is 0 Å². The van der Waals surface area contributed by atoms with Crippen molar-refractivity contribution in [3.05, 3.63) is 70.8 Å². The van der Waals surface area contributed by atoms with E-state index in [4.69, 9.17) is 0 Å². The van der Waals surface area contributed by atoms with Gasteiger partial charge in [0, 0.05) is 5.56 Å². The molecule has 2 aromatic rings. The zero-order valence-electron chi connectivity index (χ0n) is 12.6. The molecule has 0 amide bonds. The van der Waals surface area contributed by atoms with E-state index in [1.165, 1.54) is 5.56 Å². The first-order chi connectivity index (χ1) is 10.0. The molecule has 0 spiro atoms. The van der Waals surface area contributed by atoms with Crippen LogP contribution in [0.1, 0.15) is 52.7 Å². The minimum Gasteiger partial charge on any atom is -0.292 e. The lowest BCUT2D eigenvalue weighted by atomic mass is 9.90. The molecule has 2 heteroatoms. The van der Waals surface area contributed by atoms with Crippen LogP contribution in [0.15, 0.2) is 48.5 Å². The van der Waals surface area contributed by atoms with Gasteiger partial charge in [0.2, 0.25) is 0 Å². The lowest BCUT2D eigenvalue weighted by Gasteiger charge is -2.10. The highest BCUT2D eigenvalue weighted by molar-refractivity contribution is 6.02. The third-order valence-corrected chi connectivity index (χ3v) is 3.66. The molecule has 106 valence electrons. The molecule has 0 aliphatic carbocycles. The van der Waals surface area contributed by atoms with Crippen LogP contribution in [0.3, 0.4) is 0 Å². The van der Waals surface area contributed by atoms with Crippen molar-refractivity contribution in [2.24, 2.45) is 0 Å². The van der Waals surface area contributed by atoms with Gasteiger partial charge in [-0.2, -0.15) is 5.26 Å². The second-order valence-corrected chi connectivity index (χ2v) is 5.61. The number of Topliss-reactive ketones (excluding diaryl/α,β-unsaturated/α-hetero) is 1. The standard InChI is InChI=1S/C19H19NO/c1-13(2)15-8-10-17(11-9-15)19(21)18(12-20)16-6-4-14(3)5-7-16/h4-11,13,18H,1-3H3. The number of hydrogen-bond donors (Lipinski definition) is 0. The van der Waals surface area contributed by atoms with E-state index in [1.807, 2.05) is 55.5 Å². The highest BCUT2D eigenvalue weighted by Gasteiger charge is 2.21. The average Bonchev–Trinajstić information content (AvgIpc) is 2.50. The van der Waals surface area contributed by atoms with Crippen molar-refractivity contribution < 1.29 is 4.79 Å². The maximum atomic E-state index is 12.5. The fraction of sp³-hybridized carbons (Fsp3) is 0.263. The number of ketones is 1. The first-order valence-electron chi connectivity index (χ1n) is 7.13. The van der Waals surface area contributed by atoms with Gasteiger partial charge in [-0.25, -0.2) is 0 Å². The molecule has 21 heavy (non-hydrogen) atoms. The first kappa shape index (κ1) is 15.0. The Hall–Kier alpha value is -2.40. The van der Waals surface area contributed by atoms with Crippen LogP contribution in [0.25, 0.3) is 0 Å². The van der Waals surface area contributed by atoms with E-state index in [2.05, 4.69) is 19.9 Å². The Kier molecular flexibility index (Phi) is 4.55. The molecule has 0 aliphatic rings. The fourth-order valence-corrected chi connectivity index (χ4v) is 2.24. The van der Waals surface area contributed by atoms with Gasteiger partial charge in [-0.05, 0) is 24.0 Å². The maximum absolute atomic E-state index is 12.5. The van der Waals surface area contributed by atoms with Crippen LogP contribution < -0.4 is 0 Å². The predicted molar refractivity (Wildman–Crippen MR) is 84.4 cm³/mol. The number of aryl methyl sites for hydroxylation is 1. The molecule has 1 atom stereocenters. The smallest absolute Gasteiger partial charge is 0.184 e. The van der Waals surface area contributed by atoms with E-state index < -0.39 is 5.92 Å². The molecule has 0 bridgehead atoms. The lowest BCUT2D eigenvalue weighted by molar-refractivity contribution is 0.0979. The number of benzene rings is 2. The van der Waals surface area contributed by atoms with Crippen molar-refractivity contribution in [2.45, 2.75) is 32.6 Å². The molecule has 0 N–H and O–H groups in total. The molecule has 2 rings (SSSR count). The molecule has 0 saturated carbocycles. The number of nitrogens with zero attached hydrogens (tertiary/aromatic N) is 1. The summed E-state index contributed by atoms with van der Waals surface area (Å²) >= 11 is 0. The molecule has 2 aromatic carbocycles. The lowest BCUT2D eigenvalue weighted by Crippen LogP contribution is -2.11. The van der Waals surface area contributed by atoms with Gasteiger partial charge in [-0.3, -0.25) is 4.79 Å². The van der Waals surface area contributed by atoms with E-state index in [1.54, 1.807) is 0 Å². The van der Waals surface area contributed by atoms with Crippen LogP contribution in [0, 0.1) is 18.3 Å². The van der Waals surface area contributed by atoms with E-state index in [9.17, 15) is 10.1 Å². The molecule has 2 nitrogen and oxygen atoms in total. The molecular weight excluding hydrogens is 258 g/mol. The summed E-state index contributed by atoms with van der Waals surface area (Å²) in [5.41, 5.74) is 3.65. The number of hydrogen-bond acceptors (Lipinski definition) is 2. The largest absolute Gasteiger partial charge is 0.292 e. The molecule has 0 radical (unpaired) electrons. The van der Waals surface area contributed by atoms with Gasteiger partial charge in [0.05, 0.1) is 6.07 Å². The van der Waals surface area contributed by atoms with Gasteiger partial charge in [0.15, 0.2) is 5.78 Å². The van der Waals surface area contributed by atoms with Crippen LogP contribution in [0.5, 0.6) is 0 Å². The Bertz CT molecular complexity index is 660. The van der Waals surface area contributed by atoms with Crippen LogP contribution in [0.4, 0.5) is 0 Å². The van der Waals surface area contributed by atoms with Gasteiger partial charge in [-0.1, -0.05) is 67.9 Å². The van der Waals surface area contributed by atoms with Crippen molar-refractivity contribution in [3.8, 4) is 6.07 Å². The normalized spacial score (nSPS) is 12.0. The Morgan fingerprint density at radius 1 is 0.952 bits per heavy atom. The van der Waals surface area contributed by atoms with Gasteiger partial charge in [-0.15, -0.1) is 0 Å². The molecule has 0 aromatic heterocycles. The van der Waals surface area contributed by atoms with Crippen LogP contribution in [0.2, 0.25) is 0 Å². The van der Waals surface area contributed by atoms with Crippen molar-refractivity contribution in [1.29, 1.82) is 5.26 Å². The summed E-state index contributed by atoms with van der Waals surface area (Å²) in [5, 5.41) is 9.35. The predicted octanol–water partition coefficient (Wildman–Crippen LogP) is 4.61. The highest BCUT2D eigenvalue weighted by Crippen LogP contribution is 2.22. The molecule has 0 aliphatic heterocycles. The quantitative estimate of drug-likeness (QED) is 0.766. The summed E-state index contributed by atoms with van der Waals surface area (Å²) in [6, 6.07) is 17.2. The number of nitriles is 1. The Labute approximate surface area is 126 Å². The fourth-order valence-electron chi connectivity index (χ4n) is 2.24. The van der Waals surface area contributed by atoms with E-state index in [0.717, 1.165) is 11.1 Å². The molecule has 0 heterocycles. The zero-order chi connectivity index (χ0) is 15.4. The van der Waals surface area contributed by atoms with Gasteiger partial charge in [0.25, 0.3) is 0 Å². The summed E-state index contributed by atoms with van der Waals surface area (Å²) in [7, 11) is 0. The molecule has 0 fully saturated rings. The first-order valence-corrected chi connectivity index (χ1v) is 7.13. The van der Waals surface area contributed by atoms with E-state index >= 15 is 0 Å². The van der Waals surface area contributed by atoms with Crippen molar-refractivity contribution in [2.75, 3.05) is 0 Å². The molecule has 0 saturated heterocycles. The third-order valence-electron chi connectivity index (χ3n) is 3.66. The number of carbonyl (C=O) groups excluding carboxylic acids is 1. The number of carbonyl (C=O) groups is 1. The van der Waals surface area contributed by atoms with Crippen LogP contribution >= 0.6 is 0 Å². The van der Waals surface area contributed by atoms with E-state index in [-0.39, 0.29) is 5.78 Å². The summed E-state index contributed by atoms with van der Waals surface area (Å²) < 4.78 is 0. The SMILES string of the molecule is Cc1ccc(C(C#N)C(=O)c2ccc(C(C)C)cc2)cc1. The maximum Gasteiger partial charge on any atom is 0.184 e. The minimum absolute atomic E-state index is 0.142.